The van der Waals surface area contributed by atoms with Crippen molar-refractivity contribution in [2.45, 2.75) is 79.1 Å². The maximum absolute atomic E-state index is 5.82. The minimum atomic E-state index is 0.670. The summed E-state index contributed by atoms with van der Waals surface area (Å²) in [6.45, 7) is 21.4. The number of nitrogens with zero attached hydrogens (tertiary/aromatic N) is 2. The fourth-order valence-electron chi connectivity index (χ4n) is 3.23. The Morgan fingerprint density at radius 3 is 0.969 bits per heavy atom. The van der Waals surface area contributed by atoms with Crippen molar-refractivity contribution < 1.29 is 18.9 Å². The van der Waals surface area contributed by atoms with Gasteiger partial charge in [-0.2, -0.15) is 0 Å². The minimum absolute atomic E-state index is 0.670. The van der Waals surface area contributed by atoms with E-state index in [1.54, 1.807) is 0 Å². The van der Waals surface area contributed by atoms with Crippen molar-refractivity contribution >= 4 is 0 Å². The summed E-state index contributed by atoms with van der Waals surface area (Å²) in [7, 11) is 0. The van der Waals surface area contributed by atoms with Crippen LogP contribution in [0.3, 0.4) is 0 Å². The van der Waals surface area contributed by atoms with Crippen molar-refractivity contribution in [1.82, 2.24) is 9.80 Å². The fraction of sp³-hybridized carbons (Fsp3) is 1.00. The van der Waals surface area contributed by atoms with E-state index in [2.05, 4.69) is 37.5 Å². The van der Waals surface area contributed by atoms with Gasteiger partial charge in [0.2, 0.25) is 0 Å². The van der Waals surface area contributed by atoms with E-state index in [0.717, 1.165) is 91.8 Å². The topological polar surface area (TPSA) is 43.4 Å². The molecule has 0 radical (unpaired) electrons. The highest BCUT2D eigenvalue weighted by Gasteiger charge is 2.06. The third-order valence-electron chi connectivity index (χ3n) is 5.52. The van der Waals surface area contributed by atoms with Crippen LogP contribution >= 0.6 is 0 Å². The van der Waals surface area contributed by atoms with E-state index in [-0.39, 0.29) is 0 Å². The van der Waals surface area contributed by atoms with Crippen LogP contribution in [-0.4, -0.2) is 102 Å². The predicted octanol–water partition coefficient (Wildman–Crippen LogP) is 4.86. The van der Waals surface area contributed by atoms with Gasteiger partial charge in [0.25, 0.3) is 0 Å². The number of hydrogen-bond donors (Lipinski definition) is 0. The molecule has 0 aliphatic heterocycles. The standard InChI is InChI=1S/C26H56N2O4/c1-5-9-13-27(15-21-29-19-11-7-3)17-23-31-25-26-32-24-18-28(14-10-6-2)16-22-30-20-12-8-4/h5-26H2,1-4H3. The molecule has 0 saturated carbocycles. The van der Waals surface area contributed by atoms with Crippen LogP contribution in [0, 0.1) is 0 Å². The van der Waals surface area contributed by atoms with Crippen molar-refractivity contribution in [2.75, 3.05) is 92.1 Å². The van der Waals surface area contributed by atoms with Crippen LogP contribution in [0.2, 0.25) is 0 Å². The van der Waals surface area contributed by atoms with E-state index in [1.165, 1.54) is 38.5 Å². The first-order valence-corrected chi connectivity index (χ1v) is 13.5. The van der Waals surface area contributed by atoms with Gasteiger partial charge in [0.1, 0.15) is 0 Å². The molecule has 0 aromatic carbocycles. The summed E-state index contributed by atoms with van der Waals surface area (Å²) in [5, 5.41) is 0. The lowest BCUT2D eigenvalue weighted by Gasteiger charge is -2.22. The highest BCUT2D eigenvalue weighted by molar-refractivity contribution is 4.58. The van der Waals surface area contributed by atoms with Gasteiger partial charge in [0, 0.05) is 39.4 Å². The van der Waals surface area contributed by atoms with Gasteiger partial charge in [-0.25, -0.2) is 0 Å². The summed E-state index contributed by atoms with van der Waals surface area (Å²) < 4.78 is 23.1. The number of unbranched alkanes of at least 4 members (excludes halogenated alkanes) is 4. The summed E-state index contributed by atoms with van der Waals surface area (Å²) in [6.07, 6.45) is 9.61. The Morgan fingerprint density at radius 2 is 0.656 bits per heavy atom. The van der Waals surface area contributed by atoms with Gasteiger partial charge in [-0.15, -0.1) is 0 Å². The highest BCUT2D eigenvalue weighted by atomic mass is 16.5. The van der Waals surface area contributed by atoms with Gasteiger partial charge in [0.15, 0.2) is 0 Å². The molecule has 0 atom stereocenters. The maximum Gasteiger partial charge on any atom is 0.0701 e. The van der Waals surface area contributed by atoms with E-state index in [4.69, 9.17) is 18.9 Å². The Labute approximate surface area is 200 Å². The first-order valence-electron chi connectivity index (χ1n) is 13.5. The first-order chi connectivity index (χ1) is 15.8. The maximum atomic E-state index is 5.82. The quantitative estimate of drug-likeness (QED) is 0.163. The predicted molar refractivity (Wildman–Crippen MR) is 136 cm³/mol. The molecule has 0 aromatic heterocycles. The molecule has 6 heteroatoms. The first kappa shape index (κ1) is 31.8. The Hall–Kier alpha value is -0.240. The zero-order valence-corrected chi connectivity index (χ0v) is 22.1. The lowest BCUT2D eigenvalue weighted by molar-refractivity contribution is 0.0238. The Kier molecular flexibility index (Phi) is 26.8. The average Bonchev–Trinajstić information content (AvgIpc) is 2.81. The fourth-order valence-corrected chi connectivity index (χ4v) is 3.23. The number of ether oxygens (including phenoxy) is 4. The van der Waals surface area contributed by atoms with Gasteiger partial charge in [-0.05, 0) is 38.8 Å². The summed E-state index contributed by atoms with van der Waals surface area (Å²) >= 11 is 0. The molecule has 0 aromatic rings. The lowest BCUT2D eigenvalue weighted by atomic mass is 10.3. The van der Waals surface area contributed by atoms with E-state index >= 15 is 0 Å². The zero-order chi connectivity index (χ0) is 23.5. The van der Waals surface area contributed by atoms with Crippen molar-refractivity contribution in [3.63, 3.8) is 0 Å². The van der Waals surface area contributed by atoms with Crippen LogP contribution in [0.5, 0.6) is 0 Å². The molecule has 0 aliphatic carbocycles. The minimum Gasteiger partial charge on any atom is -0.380 e. The van der Waals surface area contributed by atoms with Crippen LogP contribution in [0.4, 0.5) is 0 Å². The molecule has 0 bridgehead atoms. The normalized spacial score (nSPS) is 11.8. The monoisotopic (exact) mass is 460 g/mol. The Balaban J connectivity index is 3.78. The van der Waals surface area contributed by atoms with Gasteiger partial charge in [-0.1, -0.05) is 53.4 Å². The SMILES string of the molecule is CCCCOCCN(CCCC)CCOCCOCCN(CCCC)CCOCCCC. The van der Waals surface area contributed by atoms with Crippen molar-refractivity contribution in [3.05, 3.63) is 0 Å². The molecule has 0 fully saturated rings. The van der Waals surface area contributed by atoms with E-state index in [0.29, 0.717) is 13.2 Å². The molecule has 0 N–H and O–H groups in total. The van der Waals surface area contributed by atoms with E-state index < -0.39 is 0 Å². The molecular formula is C26H56N2O4. The number of hydrogen-bond acceptors (Lipinski definition) is 6. The molecule has 194 valence electrons. The third-order valence-corrected chi connectivity index (χ3v) is 5.52. The third kappa shape index (κ3) is 22.9. The molecule has 6 nitrogen and oxygen atoms in total. The Bertz CT molecular complexity index is 316. The molecule has 32 heavy (non-hydrogen) atoms. The molecular weight excluding hydrogens is 404 g/mol. The van der Waals surface area contributed by atoms with Crippen LogP contribution in [0.25, 0.3) is 0 Å². The Morgan fingerprint density at radius 1 is 0.344 bits per heavy atom. The summed E-state index contributed by atoms with van der Waals surface area (Å²) in [5.41, 5.74) is 0. The van der Waals surface area contributed by atoms with E-state index in [1.807, 2.05) is 0 Å². The van der Waals surface area contributed by atoms with Crippen LogP contribution in [0.15, 0.2) is 0 Å². The van der Waals surface area contributed by atoms with Gasteiger partial charge < -0.3 is 18.9 Å². The summed E-state index contributed by atoms with van der Waals surface area (Å²) in [6, 6.07) is 0. The zero-order valence-electron chi connectivity index (χ0n) is 22.1. The smallest absolute Gasteiger partial charge is 0.0701 e. The molecule has 0 rings (SSSR count). The van der Waals surface area contributed by atoms with Crippen LogP contribution in [0.1, 0.15) is 79.1 Å². The summed E-state index contributed by atoms with van der Waals surface area (Å²) in [4.78, 5) is 4.93. The second kappa shape index (κ2) is 27.0. The van der Waals surface area contributed by atoms with Gasteiger partial charge in [-0.3, -0.25) is 9.80 Å². The average molecular weight is 461 g/mol. The molecule has 0 saturated heterocycles. The molecule has 0 spiro atoms. The second-order valence-electron chi connectivity index (χ2n) is 8.55. The van der Waals surface area contributed by atoms with Crippen molar-refractivity contribution in [1.29, 1.82) is 0 Å². The van der Waals surface area contributed by atoms with Crippen molar-refractivity contribution in [3.8, 4) is 0 Å². The van der Waals surface area contributed by atoms with Gasteiger partial charge >= 0.3 is 0 Å². The molecule has 0 amide bonds. The summed E-state index contributed by atoms with van der Waals surface area (Å²) in [5.74, 6) is 0. The van der Waals surface area contributed by atoms with E-state index in [9.17, 15) is 0 Å². The lowest BCUT2D eigenvalue weighted by Crippen LogP contribution is -2.33. The molecule has 0 unspecified atom stereocenters. The van der Waals surface area contributed by atoms with Crippen LogP contribution in [-0.2, 0) is 18.9 Å². The van der Waals surface area contributed by atoms with Crippen LogP contribution < -0.4 is 0 Å². The molecule has 0 aliphatic rings. The van der Waals surface area contributed by atoms with Gasteiger partial charge in [0.05, 0.1) is 39.6 Å². The molecule has 0 heterocycles. The van der Waals surface area contributed by atoms with Crippen molar-refractivity contribution in [2.24, 2.45) is 0 Å². The highest BCUT2D eigenvalue weighted by Crippen LogP contribution is 1.98. The largest absolute Gasteiger partial charge is 0.380 e. The number of rotatable bonds is 27. The second-order valence-corrected chi connectivity index (χ2v) is 8.55.